The summed E-state index contributed by atoms with van der Waals surface area (Å²) in [6.45, 7) is 3.76. The first kappa shape index (κ1) is 15.3. The predicted octanol–water partition coefficient (Wildman–Crippen LogP) is 3.33. The minimum Gasteiger partial charge on any atom is -0.398 e. The first-order valence-corrected chi connectivity index (χ1v) is 8.61. The minimum absolute atomic E-state index is 0.0678. The van der Waals surface area contributed by atoms with E-state index < -0.39 is 10.0 Å². The fraction of sp³-hybridized carbons (Fsp3) is 0.231. The van der Waals surface area contributed by atoms with Gasteiger partial charge in [0.05, 0.1) is 16.8 Å². The molecule has 0 aliphatic rings. The molecule has 1 atom stereocenters. The van der Waals surface area contributed by atoms with E-state index in [0.29, 0.717) is 0 Å². The van der Waals surface area contributed by atoms with Crippen molar-refractivity contribution in [2.75, 3.05) is 5.73 Å². The molecule has 3 N–H and O–H groups in total. The van der Waals surface area contributed by atoms with E-state index in [4.69, 9.17) is 17.3 Å². The zero-order chi connectivity index (χ0) is 14.9. The number of benzene rings is 1. The van der Waals surface area contributed by atoms with Crippen LogP contribution in [-0.4, -0.2) is 8.42 Å². The summed E-state index contributed by atoms with van der Waals surface area (Å²) < 4.78 is 27.4. The third-order valence-corrected chi connectivity index (χ3v) is 6.05. The second-order valence-corrected chi connectivity index (χ2v) is 7.83. The van der Waals surface area contributed by atoms with Crippen LogP contribution in [0.15, 0.2) is 35.2 Å². The quantitative estimate of drug-likeness (QED) is 0.844. The van der Waals surface area contributed by atoms with E-state index in [9.17, 15) is 8.42 Å². The van der Waals surface area contributed by atoms with Crippen molar-refractivity contribution in [3.8, 4) is 0 Å². The molecule has 0 spiro atoms. The number of hydrogen-bond donors (Lipinski definition) is 2. The highest BCUT2D eigenvalue weighted by Crippen LogP contribution is 2.29. The van der Waals surface area contributed by atoms with E-state index in [1.807, 2.05) is 19.1 Å². The third-order valence-electron chi connectivity index (χ3n) is 2.79. The van der Waals surface area contributed by atoms with Gasteiger partial charge in [-0.2, -0.15) is 0 Å². The van der Waals surface area contributed by atoms with E-state index in [-0.39, 0.29) is 21.6 Å². The zero-order valence-corrected chi connectivity index (χ0v) is 13.4. The molecule has 2 aromatic rings. The molecule has 4 nitrogen and oxygen atoms in total. The first-order valence-electron chi connectivity index (χ1n) is 5.94. The fourth-order valence-corrected chi connectivity index (χ4v) is 4.70. The van der Waals surface area contributed by atoms with Crippen molar-refractivity contribution in [3.63, 3.8) is 0 Å². The molecule has 0 bridgehead atoms. The average molecular weight is 331 g/mol. The first-order chi connectivity index (χ1) is 9.31. The number of thiophene rings is 1. The van der Waals surface area contributed by atoms with E-state index in [0.717, 1.165) is 9.75 Å². The Morgan fingerprint density at radius 3 is 2.55 bits per heavy atom. The van der Waals surface area contributed by atoms with Gasteiger partial charge in [0.15, 0.2) is 0 Å². The van der Waals surface area contributed by atoms with Crippen molar-refractivity contribution in [1.29, 1.82) is 0 Å². The van der Waals surface area contributed by atoms with Gasteiger partial charge in [0, 0.05) is 9.75 Å². The summed E-state index contributed by atoms with van der Waals surface area (Å²) in [4.78, 5) is 2.00. The maximum absolute atomic E-state index is 12.4. The van der Waals surface area contributed by atoms with Crippen LogP contribution in [0.1, 0.15) is 22.7 Å². The van der Waals surface area contributed by atoms with Gasteiger partial charge in [0.25, 0.3) is 0 Å². The lowest BCUT2D eigenvalue weighted by Gasteiger charge is -2.15. The van der Waals surface area contributed by atoms with Gasteiger partial charge < -0.3 is 5.73 Å². The number of rotatable bonds is 4. The van der Waals surface area contributed by atoms with Gasteiger partial charge in [-0.05, 0) is 38.1 Å². The van der Waals surface area contributed by atoms with Gasteiger partial charge in [-0.15, -0.1) is 11.3 Å². The molecule has 1 aromatic carbocycles. The summed E-state index contributed by atoms with van der Waals surface area (Å²) in [6.07, 6.45) is 0. The molecule has 20 heavy (non-hydrogen) atoms. The van der Waals surface area contributed by atoms with Crippen molar-refractivity contribution < 1.29 is 8.42 Å². The largest absolute Gasteiger partial charge is 0.398 e. The Bertz CT molecular complexity index is 705. The smallest absolute Gasteiger partial charge is 0.244 e. The fourth-order valence-electron chi connectivity index (χ4n) is 1.84. The van der Waals surface area contributed by atoms with Crippen molar-refractivity contribution in [1.82, 2.24) is 4.72 Å². The van der Waals surface area contributed by atoms with Gasteiger partial charge in [-0.1, -0.05) is 17.7 Å². The standard InChI is InChI=1S/C13H15ClN2O2S2/c1-8-6-7-12(19-8)9(2)16-20(17,18)13-10(14)4-3-5-11(13)15/h3-7,9,16H,15H2,1-2H3. The maximum atomic E-state index is 12.4. The number of halogens is 1. The number of hydrogen-bond acceptors (Lipinski definition) is 4. The lowest BCUT2D eigenvalue weighted by molar-refractivity contribution is 0.569. The Morgan fingerprint density at radius 1 is 1.30 bits per heavy atom. The monoisotopic (exact) mass is 330 g/mol. The zero-order valence-electron chi connectivity index (χ0n) is 11.1. The molecule has 0 amide bonds. The Morgan fingerprint density at radius 2 is 2.00 bits per heavy atom. The molecule has 108 valence electrons. The number of nitrogens with two attached hydrogens (primary N) is 1. The van der Waals surface area contributed by atoms with E-state index in [1.54, 1.807) is 24.3 Å². The lowest BCUT2D eigenvalue weighted by atomic mass is 10.3. The number of anilines is 1. The number of nitrogens with one attached hydrogen (secondary N) is 1. The Kier molecular flexibility index (Phi) is 4.39. The molecule has 2 rings (SSSR count). The third kappa shape index (κ3) is 3.15. The molecule has 1 aromatic heterocycles. The van der Waals surface area contributed by atoms with Crippen LogP contribution in [0.25, 0.3) is 0 Å². The van der Waals surface area contributed by atoms with Crippen LogP contribution in [0.5, 0.6) is 0 Å². The Hall–Kier alpha value is -1.08. The highest BCUT2D eigenvalue weighted by molar-refractivity contribution is 7.89. The van der Waals surface area contributed by atoms with E-state index >= 15 is 0 Å². The summed E-state index contributed by atoms with van der Waals surface area (Å²) in [5.41, 5.74) is 5.86. The van der Waals surface area contributed by atoms with Gasteiger partial charge in [0.1, 0.15) is 4.90 Å². The Balaban J connectivity index is 2.32. The summed E-state index contributed by atoms with van der Waals surface area (Å²) in [7, 11) is -3.76. The average Bonchev–Trinajstić information content (AvgIpc) is 2.74. The van der Waals surface area contributed by atoms with Crippen molar-refractivity contribution in [2.45, 2.75) is 24.8 Å². The van der Waals surface area contributed by atoms with Crippen molar-refractivity contribution in [3.05, 3.63) is 45.1 Å². The molecule has 1 heterocycles. The van der Waals surface area contributed by atoms with Gasteiger partial charge in [-0.3, -0.25) is 0 Å². The van der Waals surface area contributed by atoms with Crippen LogP contribution in [0, 0.1) is 6.92 Å². The van der Waals surface area contributed by atoms with Crippen molar-refractivity contribution >= 4 is 38.6 Å². The molecule has 1 unspecified atom stereocenters. The number of nitrogen functional groups attached to an aromatic ring is 1. The van der Waals surface area contributed by atoms with E-state index in [2.05, 4.69) is 4.72 Å². The lowest BCUT2D eigenvalue weighted by Crippen LogP contribution is -2.27. The second kappa shape index (κ2) is 5.73. The summed E-state index contributed by atoms with van der Waals surface area (Å²) >= 11 is 7.50. The SMILES string of the molecule is Cc1ccc(C(C)NS(=O)(=O)c2c(N)cccc2Cl)s1. The normalized spacial score (nSPS) is 13.3. The van der Waals surface area contributed by atoms with Crippen LogP contribution in [-0.2, 0) is 10.0 Å². The summed E-state index contributed by atoms with van der Waals surface area (Å²) in [5, 5.41) is 0.118. The van der Waals surface area contributed by atoms with Gasteiger partial charge in [-0.25, -0.2) is 13.1 Å². The van der Waals surface area contributed by atoms with Crippen LogP contribution in [0.4, 0.5) is 5.69 Å². The number of aryl methyl sites for hydroxylation is 1. The highest BCUT2D eigenvalue weighted by atomic mass is 35.5. The Labute approximate surface area is 127 Å². The van der Waals surface area contributed by atoms with Crippen LogP contribution in [0.2, 0.25) is 5.02 Å². The summed E-state index contributed by atoms with van der Waals surface area (Å²) in [5.74, 6) is 0. The van der Waals surface area contributed by atoms with Crippen molar-refractivity contribution in [2.24, 2.45) is 0 Å². The maximum Gasteiger partial charge on any atom is 0.244 e. The van der Waals surface area contributed by atoms with E-state index in [1.165, 1.54) is 12.1 Å². The predicted molar refractivity (Wildman–Crippen MR) is 83.7 cm³/mol. The topological polar surface area (TPSA) is 72.2 Å². The second-order valence-electron chi connectivity index (χ2n) is 4.45. The molecule has 7 heteroatoms. The number of sulfonamides is 1. The van der Waals surface area contributed by atoms with Gasteiger partial charge >= 0.3 is 0 Å². The molecule has 0 radical (unpaired) electrons. The summed E-state index contributed by atoms with van der Waals surface area (Å²) in [6, 6.07) is 8.15. The molecule has 0 saturated heterocycles. The molecular formula is C13H15ClN2O2S2. The molecular weight excluding hydrogens is 316 g/mol. The highest BCUT2D eigenvalue weighted by Gasteiger charge is 2.24. The molecule has 0 aliphatic carbocycles. The molecule has 0 saturated carbocycles. The minimum atomic E-state index is -3.76. The van der Waals surface area contributed by atoms with Gasteiger partial charge in [0.2, 0.25) is 10.0 Å². The molecule has 0 fully saturated rings. The van der Waals surface area contributed by atoms with Crippen LogP contribution < -0.4 is 10.5 Å². The van der Waals surface area contributed by atoms with Crippen LogP contribution in [0.3, 0.4) is 0 Å². The van der Waals surface area contributed by atoms with Crippen LogP contribution >= 0.6 is 22.9 Å². The molecule has 0 aliphatic heterocycles.